The lowest BCUT2D eigenvalue weighted by Gasteiger charge is -2.26. The molecule has 92 valence electrons. The van der Waals surface area contributed by atoms with Crippen LogP contribution in [0.1, 0.15) is 40.0 Å². The summed E-state index contributed by atoms with van der Waals surface area (Å²) in [7, 11) is 0. The average molecular weight is 227 g/mol. The molecule has 0 aliphatic heterocycles. The van der Waals surface area contributed by atoms with Gasteiger partial charge in [0.1, 0.15) is 5.60 Å². The van der Waals surface area contributed by atoms with E-state index >= 15 is 0 Å². The topological polar surface area (TPSA) is 57.6 Å². The van der Waals surface area contributed by atoms with E-state index in [4.69, 9.17) is 0 Å². The molecule has 4 heteroatoms. The van der Waals surface area contributed by atoms with Gasteiger partial charge in [0.05, 0.1) is 6.04 Å². The van der Waals surface area contributed by atoms with Crippen molar-refractivity contribution >= 4 is 11.6 Å². The first-order valence-corrected chi connectivity index (χ1v) is 5.99. The molecule has 1 aliphatic rings. The second-order valence-electron chi connectivity index (χ2n) is 4.72. The van der Waals surface area contributed by atoms with Crippen LogP contribution in [0.2, 0.25) is 0 Å². The first-order valence-electron chi connectivity index (χ1n) is 5.99. The zero-order valence-corrected chi connectivity index (χ0v) is 10.3. The van der Waals surface area contributed by atoms with Crippen LogP contribution in [0.15, 0.2) is 0 Å². The molecule has 0 saturated heterocycles. The van der Waals surface area contributed by atoms with Gasteiger partial charge in [-0.05, 0) is 32.9 Å². The number of rotatable bonds is 5. The van der Waals surface area contributed by atoms with Crippen molar-refractivity contribution in [3.63, 3.8) is 0 Å². The third kappa shape index (κ3) is 2.50. The largest absolute Gasteiger partial charge is 0.382 e. The molecule has 2 unspecified atom stereocenters. The molecular formula is C12H21NO3. The molecule has 1 saturated carbocycles. The SMILES string of the molecule is CCCN(CCC)C1CC(C)(O)C(=O)C1=O. The third-order valence-corrected chi connectivity index (χ3v) is 3.07. The van der Waals surface area contributed by atoms with Gasteiger partial charge < -0.3 is 5.11 Å². The molecule has 0 aromatic heterocycles. The van der Waals surface area contributed by atoms with Crippen LogP contribution in [0.25, 0.3) is 0 Å². The summed E-state index contributed by atoms with van der Waals surface area (Å²) < 4.78 is 0. The molecule has 0 radical (unpaired) electrons. The van der Waals surface area contributed by atoms with Crippen LogP contribution < -0.4 is 0 Å². The molecule has 0 aromatic rings. The minimum atomic E-state index is -1.46. The van der Waals surface area contributed by atoms with Crippen molar-refractivity contribution in [3.05, 3.63) is 0 Å². The number of aliphatic hydroxyl groups is 1. The smallest absolute Gasteiger partial charge is 0.231 e. The zero-order chi connectivity index (χ0) is 12.3. The third-order valence-electron chi connectivity index (χ3n) is 3.07. The maximum absolute atomic E-state index is 11.8. The summed E-state index contributed by atoms with van der Waals surface area (Å²) >= 11 is 0. The number of hydrogen-bond acceptors (Lipinski definition) is 4. The Labute approximate surface area is 96.6 Å². The maximum Gasteiger partial charge on any atom is 0.231 e. The number of Topliss-reactive ketones (excluding diaryl/α,β-unsaturated/α-hetero) is 2. The number of ketones is 2. The van der Waals surface area contributed by atoms with Crippen molar-refractivity contribution in [1.82, 2.24) is 4.90 Å². The Balaban J connectivity index is 2.79. The lowest BCUT2D eigenvalue weighted by Crippen LogP contribution is -2.40. The van der Waals surface area contributed by atoms with E-state index in [0.29, 0.717) is 0 Å². The molecular weight excluding hydrogens is 206 g/mol. The van der Waals surface area contributed by atoms with E-state index in [1.54, 1.807) is 0 Å². The lowest BCUT2D eigenvalue weighted by atomic mass is 10.0. The lowest BCUT2D eigenvalue weighted by molar-refractivity contribution is -0.142. The molecule has 1 aliphatic carbocycles. The highest BCUT2D eigenvalue weighted by molar-refractivity contribution is 6.44. The van der Waals surface area contributed by atoms with Crippen LogP contribution in [0, 0.1) is 0 Å². The zero-order valence-electron chi connectivity index (χ0n) is 10.3. The van der Waals surface area contributed by atoms with Gasteiger partial charge in [0, 0.05) is 6.42 Å². The number of carbonyl (C=O) groups excluding carboxylic acids is 2. The van der Waals surface area contributed by atoms with Gasteiger partial charge in [-0.15, -0.1) is 0 Å². The van der Waals surface area contributed by atoms with Crippen LogP contribution in [0.5, 0.6) is 0 Å². The molecule has 0 amide bonds. The molecule has 1 fully saturated rings. The van der Waals surface area contributed by atoms with E-state index in [-0.39, 0.29) is 6.42 Å². The van der Waals surface area contributed by atoms with E-state index in [2.05, 4.69) is 0 Å². The molecule has 16 heavy (non-hydrogen) atoms. The molecule has 0 heterocycles. The van der Waals surface area contributed by atoms with Crippen molar-refractivity contribution in [2.45, 2.75) is 51.7 Å². The van der Waals surface area contributed by atoms with Crippen molar-refractivity contribution in [1.29, 1.82) is 0 Å². The second kappa shape index (κ2) is 5.06. The monoisotopic (exact) mass is 227 g/mol. The highest BCUT2D eigenvalue weighted by Crippen LogP contribution is 2.27. The highest BCUT2D eigenvalue weighted by atomic mass is 16.3. The fraction of sp³-hybridized carbons (Fsp3) is 0.833. The molecule has 1 rings (SSSR count). The summed E-state index contributed by atoms with van der Waals surface area (Å²) in [5.74, 6) is -1.05. The summed E-state index contributed by atoms with van der Waals surface area (Å²) in [6, 6.07) is -0.414. The molecule has 2 atom stereocenters. The fourth-order valence-electron chi connectivity index (χ4n) is 2.27. The van der Waals surface area contributed by atoms with E-state index in [1.807, 2.05) is 18.7 Å². The Morgan fingerprint density at radius 2 is 1.81 bits per heavy atom. The predicted octanol–water partition coefficient (Wildman–Crippen LogP) is 0.770. The van der Waals surface area contributed by atoms with Gasteiger partial charge in [-0.25, -0.2) is 0 Å². The van der Waals surface area contributed by atoms with Gasteiger partial charge >= 0.3 is 0 Å². The normalized spacial score (nSPS) is 30.4. The summed E-state index contributed by atoms with van der Waals surface area (Å²) in [6.07, 6.45) is 2.13. The van der Waals surface area contributed by atoms with Gasteiger partial charge in [-0.3, -0.25) is 14.5 Å². The van der Waals surface area contributed by atoms with Crippen molar-refractivity contribution in [3.8, 4) is 0 Å². The van der Waals surface area contributed by atoms with Crippen molar-refractivity contribution < 1.29 is 14.7 Å². The van der Waals surface area contributed by atoms with Crippen molar-refractivity contribution in [2.24, 2.45) is 0 Å². The van der Waals surface area contributed by atoms with Crippen LogP contribution in [-0.4, -0.2) is 46.3 Å². The Hall–Kier alpha value is -0.740. The summed E-state index contributed by atoms with van der Waals surface area (Å²) in [4.78, 5) is 25.3. The van der Waals surface area contributed by atoms with Gasteiger partial charge in [-0.2, -0.15) is 0 Å². The summed E-state index contributed by atoms with van der Waals surface area (Å²) in [5, 5.41) is 9.79. The Bertz CT molecular complexity index is 280. The van der Waals surface area contributed by atoms with Crippen molar-refractivity contribution in [2.75, 3.05) is 13.1 Å². The van der Waals surface area contributed by atoms with Crippen LogP contribution in [0.3, 0.4) is 0 Å². The number of hydrogen-bond donors (Lipinski definition) is 1. The average Bonchev–Trinajstić information content (AvgIpc) is 2.42. The Morgan fingerprint density at radius 1 is 1.31 bits per heavy atom. The maximum atomic E-state index is 11.8. The van der Waals surface area contributed by atoms with Crippen LogP contribution in [0.4, 0.5) is 0 Å². The van der Waals surface area contributed by atoms with Gasteiger partial charge in [0.15, 0.2) is 0 Å². The Kier molecular flexibility index (Phi) is 4.21. The fourth-order valence-corrected chi connectivity index (χ4v) is 2.27. The minimum Gasteiger partial charge on any atom is -0.382 e. The highest BCUT2D eigenvalue weighted by Gasteiger charge is 2.50. The summed E-state index contributed by atoms with van der Waals surface area (Å²) in [6.45, 7) is 7.12. The molecule has 0 spiro atoms. The molecule has 0 aromatic carbocycles. The van der Waals surface area contributed by atoms with E-state index in [1.165, 1.54) is 6.92 Å². The quantitative estimate of drug-likeness (QED) is 0.705. The van der Waals surface area contributed by atoms with E-state index in [9.17, 15) is 14.7 Å². The van der Waals surface area contributed by atoms with E-state index in [0.717, 1.165) is 25.9 Å². The summed E-state index contributed by atoms with van der Waals surface area (Å²) in [5.41, 5.74) is -1.46. The predicted molar refractivity (Wildman–Crippen MR) is 61.2 cm³/mol. The van der Waals surface area contributed by atoms with Gasteiger partial charge in [0.25, 0.3) is 0 Å². The second-order valence-corrected chi connectivity index (χ2v) is 4.72. The van der Waals surface area contributed by atoms with Gasteiger partial charge in [0.2, 0.25) is 11.6 Å². The number of carbonyl (C=O) groups is 2. The molecule has 0 bridgehead atoms. The van der Waals surface area contributed by atoms with Crippen LogP contribution in [-0.2, 0) is 9.59 Å². The van der Waals surface area contributed by atoms with E-state index < -0.39 is 23.2 Å². The first-order chi connectivity index (χ1) is 7.44. The molecule has 1 N–H and O–H groups in total. The Morgan fingerprint density at radius 3 is 2.12 bits per heavy atom. The number of nitrogens with zero attached hydrogens (tertiary/aromatic N) is 1. The first kappa shape index (κ1) is 13.3. The minimum absolute atomic E-state index is 0.241. The standard InChI is InChI=1S/C12H21NO3/c1-4-6-13(7-5-2)9-8-12(3,16)11(15)10(9)14/h9,16H,4-8H2,1-3H3. The van der Waals surface area contributed by atoms with Gasteiger partial charge in [-0.1, -0.05) is 13.8 Å². The van der Waals surface area contributed by atoms with Crippen LogP contribution >= 0.6 is 0 Å². The molecule has 4 nitrogen and oxygen atoms in total.